The molecule has 0 spiro atoms. The molecule has 1 N–H and O–H groups in total. The van der Waals surface area contributed by atoms with E-state index in [1.165, 1.54) is 51.8 Å². The zero-order valence-corrected chi connectivity index (χ0v) is 10.7. The zero-order chi connectivity index (χ0) is 12.0. The molecule has 0 aliphatic heterocycles. The Labute approximate surface area is 102 Å². The lowest BCUT2D eigenvalue weighted by Gasteiger charge is -2.14. The Morgan fingerprint density at radius 3 is 2.76 bits per heavy atom. The Hall–Kier alpha value is -1.57. The molecule has 0 unspecified atom stereocenters. The topological polar surface area (TPSA) is 24.9 Å². The van der Waals surface area contributed by atoms with Crippen LogP contribution in [-0.4, -0.2) is 12.0 Å². The van der Waals surface area contributed by atoms with Gasteiger partial charge in [-0.2, -0.15) is 0 Å². The van der Waals surface area contributed by atoms with Gasteiger partial charge in [0.1, 0.15) is 0 Å². The van der Waals surface area contributed by atoms with Crippen LogP contribution in [0, 0.1) is 13.8 Å². The van der Waals surface area contributed by atoms with Gasteiger partial charge < -0.3 is 5.32 Å². The number of fused-ring (bicyclic) bond motifs is 2. The number of pyridine rings is 1. The number of nitrogens with zero attached hydrogens (tertiary/aromatic N) is 1. The van der Waals surface area contributed by atoms with E-state index >= 15 is 0 Å². The fraction of sp³-hybridized carbons (Fsp3) is 0.400. The molecule has 0 radical (unpaired) electrons. The van der Waals surface area contributed by atoms with E-state index < -0.39 is 0 Å². The van der Waals surface area contributed by atoms with Crippen LogP contribution >= 0.6 is 0 Å². The molecule has 2 nitrogen and oxygen atoms in total. The number of hydrogen-bond acceptors (Lipinski definition) is 2. The summed E-state index contributed by atoms with van der Waals surface area (Å²) in [5.41, 5.74) is 7.85. The van der Waals surface area contributed by atoms with Crippen LogP contribution in [0.5, 0.6) is 0 Å². The number of hydrogen-bond donors (Lipinski definition) is 1. The van der Waals surface area contributed by atoms with E-state index in [-0.39, 0.29) is 0 Å². The first-order chi connectivity index (χ1) is 8.22. The van der Waals surface area contributed by atoms with E-state index in [0.29, 0.717) is 0 Å². The summed E-state index contributed by atoms with van der Waals surface area (Å²) in [6.45, 7) is 4.33. The second-order valence-electron chi connectivity index (χ2n) is 4.92. The van der Waals surface area contributed by atoms with E-state index in [1.807, 2.05) is 7.05 Å². The SMILES string of the molecule is CNc1c2c(nc3c(C)c(C)ccc13)CCC2. The maximum atomic E-state index is 4.88. The third-order valence-corrected chi connectivity index (χ3v) is 3.96. The van der Waals surface area contributed by atoms with Crippen LogP contribution < -0.4 is 5.32 Å². The number of nitrogens with one attached hydrogen (secondary N) is 1. The number of aromatic nitrogens is 1. The average molecular weight is 226 g/mol. The highest BCUT2D eigenvalue weighted by molar-refractivity contribution is 5.95. The third kappa shape index (κ3) is 1.43. The summed E-state index contributed by atoms with van der Waals surface area (Å²) < 4.78 is 0. The van der Waals surface area contributed by atoms with Gasteiger partial charge in [0.25, 0.3) is 0 Å². The van der Waals surface area contributed by atoms with E-state index in [9.17, 15) is 0 Å². The molecule has 1 heterocycles. The first kappa shape index (κ1) is 10.6. The normalized spacial score (nSPS) is 14.1. The van der Waals surface area contributed by atoms with Crippen molar-refractivity contribution in [3.63, 3.8) is 0 Å². The highest BCUT2D eigenvalue weighted by Gasteiger charge is 2.19. The van der Waals surface area contributed by atoms with Crippen molar-refractivity contribution in [2.75, 3.05) is 12.4 Å². The summed E-state index contributed by atoms with van der Waals surface area (Å²) in [4.78, 5) is 4.88. The fourth-order valence-electron chi connectivity index (χ4n) is 2.85. The van der Waals surface area contributed by atoms with Crippen LogP contribution in [0.4, 0.5) is 5.69 Å². The smallest absolute Gasteiger partial charge is 0.0758 e. The van der Waals surface area contributed by atoms with Crippen LogP contribution in [0.1, 0.15) is 28.8 Å². The van der Waals surface area contributed by atoms with Crippen LogP contribution in [0.3, 0.4) is 0 Å². The quantitative estimate of drug-likeness (QED) is 0.806. The summed E-state index contributed by atoms with van der Waals surface area (Å²) in [7, 11) is 2.02. The molecule has 1 aromatic heterocycles. The largest absolute Gasteiger partial charge is 0.387 e. The molecule has 0 saturated carbocycles. The Kier molecular flexibility index (Phi) is 2.32. The molecule has 0 saturated heterocycles. The standard InChI is InChI=1S/C15H18N2/c1-9-7-8-12-14(10(9)2)17-13-6-4-5-11(13)15(12)16-3/h7-8H,4-6H2,1-3H3,(H,16,17). The Morgan fingerprint density at radius 1 is 1.18 bits per heavy atom. The molecule has 88 valence electrons. The Morgan fingerprint density at radius 2 is 2.00 bits per heavy atom. The minimum Gasteiger partial charge on any atom is -0.387 e. The molecular formula is C15H18N2. The predicted molar refractivity (Wildman–Crippen MR) is 72.8 cm³/mol. The van der Waals surface area contributed by atoms with Crippen molar-refractivity contribution in [1.29, 1.82) is 0 Å². The maximum Gasteiger partial charge on any atom is 0.0758 e. The first-order valence-electron chi connectivity index (χ1n) is 6.32. The molecule has 0 atom stereocenters. The minimum atomic E-state index is 1.13. The summed E-state index contributed by atoms with van der Waals surface area (Å²) in [6, 6.07) is 4.40. The highest BCUT2D eigenvalue weighted by atomic mass is 14.9. The van der Waals surface area contributed by atoms with Crippen molar-refractivity contribution in [2.24, 2.45) is 0 Å². The second-order valence-corrected chi connectivity index (χ2v) is 4.92. The van der Waals surface area contributed by atoms with Crippen LogP contribution in [-0.2, 0) is 12.8 Å². The molecule has 2 aromatic rings. The molecule has 1 aromatic carbocycles. The predicted octanol–water partition coefficient (Wildman–Crippen LogP) is 3.38. The van der Waals surface area contributed by atoms with Gasteiger partial charge >= 0.3 is 0 Å². The van der Waals surface area contributed by atoms with E-state index in [4.69, 9.17) is 4.98 Å². The minimum absolute atomic E-state index is 1.13. The molecule has 0 bridgehead atoms. The van der Waals surface area contributed by atoms with E-state index in [1.54, 1.807) is 0 Å². The number of anilines is 1. The van der Waals surface area contributed by atoms with Crippen LogP contribution in [0.2, 0.25) is 0 Å². The number of rotatable bonds is 1. The Balaban J connectivity index is 2.44. The third-order valence-electron chi connectivity index (χ3n) is 3.96. The van der Waals surface area contributed by atoms with Gasteiger partial charge in [-0.05, 0) is 49.8 Å². The number of aryl methyl sites for hydroxylation is 3. The van der Waals surface area contributed by atoms with E-state index in [2.05, 4.69) is 31.3 Å². The molecule has 1 aliphatic rings. The van der Waals surface area contributed by atoms with Crippen molar-refractivity contribution in [3.05, 3.63) is 34.5 Å². The van der Waals surface area contributed by atoms with Crippen molar-refractivity contribution in [2.45, 2.75) is 33.1 Å². The summed E-state index contributed by atoms with van der Waals surface area (Å²) >= 11 is 0. The van der Waals surface area contributed by atoms with Crippen molar-refractivity contribution in [1.82, 2.24) is 4.98 Å². The van der Waals surface area contributed by atoms with Gasteiger partial charge in [0.15, 0.2) is 0 Å². The van der Waals surface area contributed by atoms with Gasteiger partial charge in [-0.25, -0.2) is 0 Å². The number of benzene rings is 1. The van der Waals surface area contributed by atoms with Crippen molar-refractivity contribution < 1.29 is 0 Å². The van der Waals surface area contributed by atoms with Gasteiger partial charge in [-0.15, -0.1) is 0 Å². The zero-order valence-electron chi connectivity index (χ0n) is 10.7. The van der Waals surface area contributed by atoms with Gasteiger partial charge in [-0.1, -0.05) is 12.1 Å². The van der Waals surface area contributed by atoms with Gasteiger partial charge in [0.2, 0.25) is 0 Å². The van der Waals surface area contributed by atoms with Gasteiger partial charge in [-0.3, -0.25) is 4.98 Å². The highest BCUT2D eigenvalue weighted by Crippen LogP contribution is 2.35. The molecule has 1 aliphatic carbocycles. The van der Waals surface area contributed by atoms with Crippen LogP contribution in [0.25, 0.3) is 10.9 Å². The summed E-state index contributed by atoms with van der Waals surface area (Å²) in [5.74, 6) is 0. The Bertz CT molecular complexity index is 600. The molecular weight excluding hydrogens is 208 g/mol. The first-order valence-corrected chi connectivity index (χ1v) is 6.32. The second kappa shape index (κ2) is 3.73. The fourth-order valence-corrected chi connectivity index (χ4v) is 2.85. The average Bonchev–Trinajstić information content (AvgIpc) is 2.79. The van der Waals surface area contributed by atoms with E-state index in [0.717, 1.165) is 6.42 Å². The lowest BCUT2D eigenvalue weighted by Crippen LogP contribution is -2.01. The van der Waals surface area contributed by atoms with Crippen LogP contribution in [0.15, 0.2) is 12.1 Å². The summed E-state index contributed by atoms with van der Waals surface area (Å²) in [5, 5.41) is 4.65. The lowest BCUT2D eigenvalue weighted by atomic mass is 10.0. The lowest BCUT2D eigenvalue weighted by molar-refractivity contribution is 0.901. The molecule has 3 rings (SSSR count). The van der Waals surface area contributed by atoms with Gasteiger partial charge in [0, 0.05) is 23.8 Å². The van der Waals surface area contributed by atoms with Crippen molar-refractivity contribution in [3.8, 4) is 0 Å². The molecule has 17 heavy (non-hydrogen) atoms. The molecule has 0 fully saturated rings. The van der Waals surface area contributed by atoms with Crippen molar-refractivity contribution >= 4 is 16.6 Å². The molecule has 2 heteroatoms. The maximum absolute atomic E-state index is 4.88. The summed E-state index contributed by atoms with van der Waals surface area (Å²) in [6.07, 6.45) is 3.54. The van der Waals surface area contributed by atoms with Gasteiger partial charge in [0.05, 0.1) is 5.52 Å². The monoisotopic (exact) mass is 226 g/mol. The molecule has 0 amide bonds.